The number of amides is 1. The van der Waals surface area contributed by atoms with Crippen LogP contribution >= 0.6 is 0 Å². The molecular formula is C13H8F4N2O2. The molecule has 0 aliphatic carbocycles. The van der Waals surface area contributed by atoms with Gasteiger partial charge in [-0.25, -0.2) is 17.6 Å². The number of hydrazine groups is 1. The summed E-state index contributed by atoms with van der Waals surface area (Å²) < 4.78 is 57.3. The van der Waals surface area contributed by atoms with Crippen molar-refractivity contribution in [1.29, 1.82) is 0 Å². The Balaban J connectivity index is 2.05. The van der Waals surface area contributed by atoms with E-state index in [2.05, 4.69) is 0 Å². The first-order valence-electron chi connectivity index (χ1n) is 5.59. The minimum atomic E-state index is -1.65. The first kappa shape index (κ1) is 14.6. The second-order valence-electron chi connectivity index (χ2n) is 3.81. The molecule has 0 aliphatic rings. The van der Waals surface area contributed by atoms with Gasteiger partial charge in [-0.2, -0.15) is 0 Å². The van der Waals surface area contributed by atoms with E-state index in [0.717, 1.165) is 6.08 Å². The molecule has 0 unspecified atom stereocenters. The third-order valence-corrected chi connectivity index (χ3v) is 2.36. The molecular weight excluding hydrogens is 292 g/mol. The van der Waals surface area contributed by atoms with Gasteiger partial charge in [-0.3, -0.25) is 15.6 Å². The highest BCUT2D eigenvalue weighted by atomic mass is 19.2. The van der Waals surface area contributed by atoms with E-state index in [-0.39, 0.29) is 6.07 Å². The fraction of sp³-hybridized carbons (Fsp3) is 0. The van der Waals surface area contributed by atoms with E-state index in [9.17, 15) is 22.4 Å². The molecule has 110 valence electrons. The summed E-state index contributed by atoms with van der Waals surface area (Å²) in [6.07, 6.45) is 3.67. The average molecular weight is 300 g/mol. The quantitative estimate of drug-likeness (QED) is 0.395. The highest BCUT2D eigenvalue weighted by molar-refractivity contribution is 5.92. The van der Waals surface area contributed by atoms with Gasteiger partial charge in [-0.05, 0) is 18.2 Å². The predicted molar refractivity (Wildman–Crippen MR) is 65.8 cm³/mol. The Labute approximate surface area is 116 Å². The molecule has 21 heavy (non-hydrogen) atoms. The maximum absolute atomic E-state index is 13.3. The summed E-state index contributed by atoms with van der Waals surface area (Å²) in [4.78, 5) is 11.4. The summed E-state index contributed by atoms with van der Waals surface area (Å²) in [7, 11) is 0. The number of hydrogen-bond acceptors (Lipinski definition) is 3. The van der Waals surface area contributed by atoms with E-state index in [4.69, 9.17) is 4.42 Å². The van der Waals surface area contributed by atoms with Crippen LogP contribution in [0, 0.1) is 23.3 Å². The number of benzene rings is 1. The van der Waals surface area contributed by atoms with Crippen LogP contribution in [0.4, 0.5) is 23.2 Å². The van der Waals surface area contributed by atoms with Crippen LogP contribution in [0.15, 0.2) is 35.0 Å². The van der Waals surface area contributed by atoms with E-state index in [1.165, 1.54) is 12.3 Å². The number of furan rings is 1. The van der Waals surface area contributed by atoms with Crippen LogP contribution in [0.3, 0.4) is 0 Å². The Hall–Kier alpha value is -2.77. The Morgan fingerprint density at radius 1 is 1.14 bits per heavy atom. The Bertz CT molecular complexity index is 658. The molecule has 4 nitrogen and oxygen atoms in total. The SMILES string of the molecule is O=C(C=Cc1ccco1)NNc1c(F)c(F)cc(F)c1F. The van der Waals surface area contributed by atoms with Gasteiger partial charge >= 0.3 is 0 Å². The highest BCUT2D eigenvalue weighted by Gasteiger charge is 2.19. The lowest BCUT2D eigenvalue weighted by molar-refractivity contribution is -0.116. The molecule has 2 rings (SSSR count). The standard InChI is InChI=1S/C13H8F4N2O2/c14-8-6-9(15)12(17)13(11(8)16)19-18-10(20)4-3-7-2-1-5-21-7/h1-6,19H,(H,18,20). The Morgan fingerprint density at radius 3 is 2.38 bits per heavy atom. The Morgan fingerprint density at radius 2 is 1.81 bits per heavy atom. The fourth-order valence-corrected chi connectivity index (χ4v) is 1.39. The molecule has 0 fully saturated rings. The van der Waals surface area contributed by atoms with Gasteiger partial charge in [0.25, 0.3) is 5.91 Å². The molecule has 0 aliphatic heterocycles. The smallest absolute Gasteiger partial charge is 0.262 e. The molecule has 1 aromatic heterocycles. The molecule has 0 spiro atoms. The van der Waals surface area contributed by atoms with Crippen LogP contribution in [-0.4, -0.2) is 5.91 Å². The lowest BCUT2D eigenvalue weighted by atomic mass is 10.2. The van der Waals surface area contributed by atoms with Crippen LogP contribution in [-0.2, 0) is 4.79 Å². The Kier molecular flexibility index (Phi) is 4.27. The summed E-state index contributed by atoms with van der Waals surface area (Å²) >= 11 is 0. The second kappa shape index (κ2) is 6.12. The average Bonchev–Trinajstić information content (AvgIpc) is 2.96. The molecule has 1 heterocycles. The number of hydrogen-bond donors (Lipinski definition) is 2. The molecule has 2 N–H and O–H groups in total. The molecule has 0 saturated heterocycles. The lowest BCUT2D eigenvalue weighted by Gasteiger charge is -2.09. The van der Waals surface area contributed by atoms with Gasteiger partial charge in [0.15, 0.2) is 23.3 Å². The van der Waals surface area contributed by atoms with Crippen LogP contribution < -0.4 is 10.9 Å². The van der Waals surface area contributed by atoms with Crippen molar-refractivity contribution in [3.05, 3.63) is 59.6 Å². The monoisotopic (exact) mass is 300 g/mol. The normalized spacial score (nSPS) is 10.9. The largest absolute Gasteiger partial charge is 0.465 e. The predicted octanol–water partition coefficient (Wildman–Crippen LogP) is 2.99. The lowest BCUT2D eigenvalue weighted by Crippen LogP contribution is -2.29. The van der Waals surface area contributed by atoms with Gasteiger partial charge in [0.1, 0.15) is 11.4 Å². The van der Waals surface area contributed by atoms with E-state index in [1.807, 2.05) is 5.43 Å². The zero-order chi connectivity index (χ0) is 15.4. The van der Waals surface area contributed by atoms with Crippen molar-refractivity contribution in [2.45, 2.75) is 0 Å². The minimum absolute atomic E-state index is 0.0640. The zero-order valence-electron chi connectivity index (χ0n) is 10.3. The second-order valence-corrected chi connectivity index (χ2v) is 3.81. The van der Waals surface area contributed by atoms with Crippen LogP contribution in [0.2, 0.25) is 0 Å². The van der Waals surface area contributed by atoms with Crippen molar-refractivity contribution in [2.24, 2.45) is 0 Å². The van der Waals surface area contributed by atoms with Crippen LogP contribution in [0.1, 0.15) is 5.76 Å². The summed E-state index contributed by atoms with van der Waals surface area (Å²) in [5.74, 6) is -6.91. The number of rotatable bonds is 4. The van der Waals surface area contributed by atoms with Gasteiger partial charge < -0.3 is 4.42 Å². The first-order chi connectivity index (χ1) is 9.99. The first-order valence-corrected chi connectivity index (χ1v) is 5.59. The highest BCUT2D eigenvalue weighted by Crippen LogP contribution is 2.23. The van der Waals surface area contributed by atoms with E-state index in [0.29, 0.717) is 5.76 Å². The van der Waals surface area contributed by atoms with E-state index in [1.54, 1.807) is 17.6 Å². The maximum atomic E-state index is 13.3. The molecule has 1 aromatic carbocycles. The molecule has 0 saturated carbocycles. The van der Waals surface area contributed by atoms with Gasteiger partial charge in [0, 0.05) is 12.1 Å². The topological polar surface area (TPSA) is 54.3 Å². The van der Waals surface area contributed by atoms with Gasteiger partial charge in [0.2, 0.25) is 0 Å². The molecule has 1 amide bonds. The summed E-state index contributed by atoms with van der Waals surface area (Å²) in [5.41, 5.74) is 2.52. The number of carbonyl (C=O) groups is 1. The number of carbonyl (C=O) groups excluding carboxylic acids is 1. The van der Waals surface area contributed by atoms with E-state index < -0.39 is 34.9 Å². The summed E-state index contributed by atoms with van der Waals surface area (Å²) in [6, 6.07) is 3.23. The van der Waals surface area contributed by atoms with Gasteiger partial charge in [0.05, 0.1) is 6.26 Å². The van der Waals surface area contributed by atoms with Crippen molar-refractivity contribution in [3.63, 3.8) is 0 Å². The molecule has 8 heteroatoms. The third-order valence-electron chi connectivity index (χ3n) is 2.36. The number of halogens is 4. The molecule has 0 radical (unpaired) electrons. The van der Waals surface area contributed by atoms with Crippen molar-refractivity contribution >= 4 is 17.7 Å². The van der Waals surface area contributed by atoms with Crippen molar-refractivity contribution in [1.82, 2.24) is 5.43 Å². The summed E-state index contributed by atoms with van der Waals surface area (Å²) in [6.45, 7) is 0. The zero-order valence-corrected chi connectivity index (χ0v) is 10.3. The fourth-order valence-electron chi connectivity index (χ4n) is 1.39. The number of nitrogens with one attached hydrogen (secondary N) is 2. The van der Waals surface area contributed by atoms with E-state index >= 15 is 0 Å². The van der Waals surface area contributed by atoms with Gasteiger partial charge in [-0.1, -0.05) is 0 Å². The molecule has 0 atom stereocenters. The number of anilines is 1. The van der Waals surface area contributed by atoms with Crippen LogP contribution in [0.25, 0.3) is 6.08 Å². The van der Waals surface area contributed by atoms with Crippen molar-refractivity contribution in [2.75, 3.05) is 5.43 Å². The maximum Gasteiger partial charge on any atom is 0.262 e. The minimum Gasteiger partial charge on any atom is -0.465 e. The third kappa shape index (κ3) is 3.41. The van der Waals surface area contributed by atoms with Crippen LogP contribution in [0.5, 0.6) is 0 Å². The van der Waals surface area contributed by atoms with Gasteiger partial charge in [-0.15, -0.1) is 0 Å². The van der Waals surface area contributed by atoms with Crippen molar-refractivity contribution < 1.29 is 26.8 Å². The molecule has 2 aromatic rings. The molecule has 0 bridgehead atoms. The summed E-state index contributed by atoms with van der Waals surface area (Å²) in [5, 5.41) is 0. The van der Waals surface area contributed by atoms with Crippen molar-refractivity contribution in [3.8, 4) is 0 Å².